The third-order valence-electron chi connectivity index (χ3n) is 5.14. The van der Waals surface area contributed by atoms with Gasteiger partial charge in [0.1, 0.15) is 0 Å². The number of fused-ring (bicyclic) bond motifs is 1. The third kappa shape index (κ3) is 3.30. The zero-order chi connectivity index (χ0) is 19.9. The third-order valence-corrected chi connectivity index (χ3v) is 5.14. The molecular weight excluding hydrogens is 371 g/mol. The molecule has 146 valence electrons. The number of aromatic nitrogens is 2. The second-order valence-corrected chi connectivity index (χ2v) is 6.94. The lowest BCUT2D eigenvalue weighted by molar-refractivity contribution is -0.137. The summed E-state index contributed by atoms with van der Waals surface area (Å²) >= 11 is 0. The van der Waals surface area contributed by atoms with Crippen molar-refractivity contribution in [1.82, 2.24) is 14.9 Å². The summed E-state index contributed by atoms with van der Waals surface area (Å²) in [6.45, 7) is 0.449. The maximum Gasteiger partial charge on any atom is 0.416 e. The Hall–Kier alpha value is -3.03. The van der Waals surface area contributed by atoms with Gasteiger partial charge in [-0.05, 0) is 49.1 Å². The van der Waals surface area contributed by atoms with Crippen LogP contribution in [0.25, 0.3) is 11.0 Å². The SMILES string of the molecule is O=C(c1cccc2[nH]c(=O)[nH]c12)N1CCCCC1c1cccc(C(F)(F)F)c1. The summed E-state index contributed by atoms with van der Waals surface area (Å²) in [5, 5.41) is 0. The fraction of sp³-hybridized carbons (Fsp3) is 0.300. The summed E-state index contributed by atoms with van der Waals surface area (Å²) < 4.78 is 39.3. The molecule has 5 nitrogen and oxygen atoms in total. The fourth-order valence-electron chi connectivity index (χ4n) is 3.83. The number of nitrogens with one attached hydrogen (secondary N) is 2. The number of para-hydroxylation sites is 1. The summed E-state index contributed by atoms with van der Waals surface area (Å²) in [7, 11) is 0. The van der Waals surface area contributed by atoms with Crippen molar-refractivity contribution in [2.75, 3.05) is 6.54 Å². The average molecular weight is 389 g/mol. The van der Waals surface area contributed by atoms with E-state index in [-0.39, 0.29) is 5.91 Å². The normalized spacial score (nSPS) is 17.8. The van der Waals surface area contributed by atoms with Crippen molar-refractivity contribution < 1.29 is 18.0 Å². The van der Waals surface area contributed by atoms with Crippen LogP contribution in [0.15, 0.2) is 47.3 Å². The number of alkyl halides is 3. The molecule has 1 amide bonds. The lowest BCUT2D eigenvalue weighted by Crippen LogP contribution is -2.38. The number of likely N-dealkylation sites (tertiary alicyclic amines) is 1. The first kappa shape index (κ1) is 18.3. The van der Waals surface area contributed by atoms with Gasteiger partial charge in [0.15, 0.2) is 0 Å². The standard InChI is InChI=1S/C20H18F3N3O2/c21-20(22,23)13-6-3-5-12(11-13)16-9-1-2-10-26(16)18(27)14-7-4-8-15-17(14)25-19(28)24-15/h3-8,11,16H,1-2,9-10H2,(H2,24,25,28). The number of amides is 1. The van der Waals surface area contributed by atoms with E-state index < -0.39 is 23.5 Å². The minimum absolute atomic E-state index is 0.303. The van der Waals surface area contributed by atoms with Crippen LogP contribution < -0.4 is 5.69 Å². The number of carbonyl (C=O) groups is 1. The average Bonchev–Trinajstić information content (AvgIpc) is 3.07. The Morgan fingerprint density at radius 2 is 1.86 bits per heavy atom. The number of hydrogen-bond donors (Lipinski definition) is 2. The van der Waals surface area contributed by atoms with Crippen LogP contribution in [0, 0.1) is 0 Å². The minimum Gasteiger partial charge on any atom is -0.332 e. The van der Waals surface area contributed by atoms with Crippen LogP contribution in [0.3, 0.4) is 0 Å². The molecule has 0 bridgehead atoms. The van der Waals surface area contributed by atoms with E-state index in [0.717, 1.165) is 25.0 Å². The van der Waals surface area contributed by atoms with Crippen LogP contribution in [0.1, 0.15) is 46.8 Å². The Bertz CT molecular complexity index is 1080. The zero-order valence-corrected chi connectivity index (χ0v) is 14.8. The predicted molar refractivity (Wildman–Crippen MR) is 98.0 cm³/mol. The summed E-state index contributed by atoms with van der Waals surface area (Å²) in [6, 6.07) is 9.69. The van der Waals surface area contributed by atoms with Gasteiger partial charge in [-0.1, -0.05) is 18.2 Å². The molecule has 1 saturated heterocycles. The molecule has 2 aromatic carbocycles. The fourth-order valence-corrected chi connectivity index (χ4v) is 3.83. The summed E-state index contributed by atoms with van der Waals surface area (Å²) in [4.78, 5) is 31.7. The van der Waals surface area contributed by atoms with E-state index in [4.69, 9.17) is 0 Å². The highest BCUT2D eigenvalue weighted by Gasteiger charge is 2.34. The largest absolute Gasteiger partial charge is 0.416 e. The molecule has 0 radical (unpaired) electrons. The molecule has 3 aromatic rings. The van der Waals surface area contributed by atoms with E-state index in [9.17, 15) is 22.8 Å². The Kier molecular flexibility index (Phi) is 4.49. The molecule has 2 N–H and O–H groups in total. The van der Waals surface area contributed by atoms with Crippen LogP contribution in [-0.2, 0) is 6.18 Å². The van der Waals surface area contributed by atoms with Gasteiger partial charge in [-0.3, -0.25) is 4.79 Å². The number of benzene rings is 2. The smallest absolute Gasteiger partial charge is 0.332 e. The summed E-state index contributed by atoms with van der Waals surface area (Å²) in [5.41, 5.74) is 0.588. The van der Waals surface area contributed by atoms with Crippen molar-refractivity contribution in [1.29, 1.82) is 0 Å². The van der Waals surface area contributed by atoms with Gasteiger partial charge >= 0.3 is 11.9 Å². The molecule has 0 spiro atoms. The molecule has 1 fully saturated rings. The zero-order valence-electron chi connectivity index (χ0n) is 14.8. The number of nitrogens with zero attached hydrogens (tertiary/aromatic N) is 1. The molecule has 1 aliphatic rings. The predicted octanol–water partition coefficient (Wildman–Crippen LogP) is 4.24. The molecule has 0 saturated carbocycles. The molecule has 8 heteroatoms. The number of halogens is 3. The van der Waals surface area contributed by atoms with Gasteiger partial charge < -0.3 is 14.9 Å². The minimum atomic E-state index is -4.43. The number of rotatable bonds is 2. The lowest BCUT2D eigenvalue weighted by Gasteiger charge is -2.36. The molecule has 4 rings (SSSR count). The Morgan fingerprint density at radius 1 is 1.07 bits per heavy atom. The molecule has 1 unspecified atom stereocenters. The van der Waals surface area contributed by atoms with Crippen LogP contribution in [-0.4, -0.2) is 27.3 Å². The van der Waals surface area contributed by atoms with Gasteiger partial charge in [0.25, 0.3) is 5.91 Å². The molecule has 28 heavy (non-hydrogen) atoms. The maximum atomic E-state index is 13.3. The number of hydrogen-bond acceptors (Lipinski definition) is 2. The highest BCUT2D eigenvalue weighted by atomic mass is 19.4. The molecular formula is C20H18F3N3O2. The Labute approximate surface area is 158 Å². The van der Waals surface area contributed by atoms with Crippen molar-refractivity contribution in [3.8, 4) is 0 Å². The van der Waals surface area contributed by atoms with E-state index in [1.54, 1.807) is 29.2 Å². The quantitative estimate of drug-likeness (QED) is 0.688. The number of imidazole rings is 1. The molecule has 1 aliphatic heterocycles. The molecule has 1 aromatic heterocycles. The monoisotopic (exact) mass is 389 g/mol. The summed E-state index contributed by atoms with van der Waals surface area (Å²) in [6.07, 6.45) is -2.24. The maximum absolute atomic E-state index is 13.3. The van der Waals surface area contributed by atoms with Crippen molar-refractivity contribution in [3.63, 3.8) is 0 Å². The number of aromatic amines is 2. The van der Waals surface area contributed by atoms with Crippen LogP contribution in [0.4, 0.5) is 13.2 Å². The van der Waals surface area contributed by atoms with Crippen molar-refractivity contribution in [3.05, 3.63) is 69.6 Å². The topological polar surface area (TPSA) is 69.0 Å². The van der Waals surface area contributed by atoms with Crippen molar-refractivity contribution >= 4 is 16.9 Å². The van der Waals surface area contributed by atoms with E-state index in [1.165, 1.54) is 6.07 Å². The lowest BCUT2D eigenvalue weighted by atomic mass is 9.93. The van der Waals surface area contributed by atoms with Crippen molar-refractivity contribution in [2.45, 2.75) is 31.5 Å². The Balaban J connectivity index is 1.73. The number of H-pyrrole nitrogens is 2. The van der Waals surface area contributed by atoms with Gasteiger partial charge in [-0.25, -0.2) is 4.79 Å². The van der Waals surface area contributed by atoms with E-state index in [0.29, 0.717) is 35.1 Å². The van der Waals surface area contributed by atoms with E-state index in [1.807, 2.05) is 0 Å². The number of piperidine rings is 1. The Morgan fingerprint density at radius 3 is 2.64 bits per heavy atom. The van der Waals surface area contributed by atoms with Crippen LogP contribution in [0.5, 0.6) is 0 Å². The second-order valence-electron chi connectivity index (χ2n) is 6.94. The molecule has 0 aliphatic carbocycles. The first-order valence-corrected chi connectivity index (χ1v) is 9.04. The first-order chi connectivity index (χ1) is 13.3. The number of carbonyl (C=O) groups excluding carboxylic acids is 1. The van der Waals surface area contributed by atoms with Crippen LogP contribution >= 0.6 is 0 Å². The van der Waals surface area contributed by atoms with Gasteiger partial charge in [0.2, 0.25) is 0 Å². The molecule has 1 atom stereocenters. The van der Waals surface area contributed by atoms with Gasteiger partial charge in [0.05, 0.1) is 28.2 Å². The van der Waals surface area contributed by atoms with Crippen molar-refractivity contribution in [2.24, 2.45) is 0 Å². The summed E-state index contributed by atoms with van der Waals surface area (Å²) in [5.74, 6) is -0.303. The highest BCUT2D eigenvalue weighted by molar-refractivity contribution is 6.04. The second kappa shape index (κ2) is 6.85. The van der Waals surface area contributed by atoms with Gasteiger partial charge in [-0.15, -0.1) is 0 Å². The first-order valence-electron chi connectivity index (χ1n) is 9.04. The van der Waals surface area contributed by atoms with E-state index in [2.05, 4.69) is 9.97 Å². The molecule has 2 heterocycles. The van der Waals surface area contributed by atoms with Crippen LogP contribution in [0.2, 0.25) is 0 Å². The van der Waals surface area contributed by atoms with Gasteiger partial charge in [0, 0.05) is 6.54 Å². The van der Waals surface area contributed by atoms with Gasteiger partial charge in [-0.2, -0.15) is 13.2 Å². The highest BCUT2D eigenvalue weighted by Crippen LogP contribution is 2.36. The van der Waals surface area contributed by atoms with E-state index >= 15 is 0 Å².